The molecule has 2 rings (SSSR count). The predicted octanol–water partition coefficient (Wildman–Crippen LogP) is 3.65. The van der Waals surface area contributed by atoms with Crippen molar-refractivity contribution in [2.75, 3.05) is 11.8 Å². The molecule has 0 fully saturated rings. The van der Waals surface area contributed by atoms with Crippen LogP contribution in [0.2, 0.25) is 0 Å². The number of hydrogen-bond donors (Lipinski definition) is 2. The van der Waals surface area contributed by atoms with Gasteiger partial charge in [-0.1, -0.05) is 12.1 Å². The maximum absolute atomic E-state index is 12.6. The molecule has 0 unspecified atom stereocenters. The van der Waals surface area contributed by atoms with Crippen LogP contribution >= 0.6 is 27.3 Å². The Morgan fingerprint density at radius 1 is 1.29 bits per heavy atom. The lowest BCUT2D eigenvalue weighted by Gasteiger charge is -2.10. The fraction of sp³-hybridized carbons (Fsp3) is 0.286. The molecular weight excluding hydrogens is 372 g/mol. The largest absolute Gasteiger partial charge is 0.315 e. The molecule has 2 aromatic rings. The molecular formula is C14H17BrN2O2S2. The molecule has 0 spiro atoms. The van der Waals surface area contributed by atoms with Gasteiger partial charge >= 0.3 is 0 Å². The summed E-state index contributed by atoms with van der Waals surface area (Å²) in [4.78, 5) is 2.13. The lowest BCUT2D eigenvalue weighted by Crippen LogP contribution is -2.13. The fourth-order valence-electron chi connectivity index (χ4n) is 1.98. The Kier molecular flexibility index (Phi) is 5.08. The molecule has 0 aliphatic heterocycles. The highest BCUT2D eigenvalue weighted by Gasteiger charge is 2.21. The van der Waals surface area contributed by atoms with Gasteiger partial charge in [0, 0.05) is 20.8 Å². The maximum Gasteiger partial charge on any atom is 0.263 e. The van der Waals surface area contributed by atoms with Gasteiger partial charge in [-0.15, -0.1) is 11.3 Å². The van der Waals surface area contributed by atoms with Crippen molar-refractivity contribution in [3.63, 3.8) is 0 Å². The number of anilines is 1. The van der Waals surface area contributed by atoms with Crippen LogP contribution in [0.3, 0.4) is 0 Å². The number of rotatable bonds is 5. The van der Waals surface area contributed by atoms with E-state index in [2.05, 4.69) is 26.0 Å². The van der Waals surface area contributed by atoms with E-state index in [1.54, 1.807) is 12.1 Å². The van der Waals surface area contributed by atoms with Crippen LogP contribution in [0.1, 0.15) is 15.3 Å². The first-order valence-electron chi connectivity index (χ1n) is 6.37. The molecule has 114 valence electrons. The first-order chi connectivity index (χ1) is 9.85. The van der Waals surface area contributed by atoms with Crippen LogP contribution in [0, 0.1) is 13.8 Å². The molecule has 0 saturated carbocycles. The second kappa shape index (κ2) is 6.48. The van der Waals surface area contributed by atoms with E-state index >= 15 is 0 Å². The number of benzene rings is 1. The summed E-state index contributed by atoms with van der Waals surface area (Å²) >= 11 is 4.91. The first-order valence-corrected chi connectivity index (χ1v) is 9.46. The van der Waals surface area contributed by atoms with Crippen molar-refractivity contribution >= 4 is 43.0 Å². The quantitative estimate of drug-likeness (QED) is 0.821. The average molecular weight is 389 g/mol. The van der Waals surface area contributed by atoms with Crippen molar-refractivity contribution in [3.8, 4) is 0 Å². The molecule has 0 atom stereocenters. The zero-order valence-electron chi connectivity index (χ0n) is 12.0. The third-order valence-electron chi connectivity index (χ3n) is 3.00. The monoisotopic (exact) mass is 388 g/mol. The number of halogens is 1. The van der Waals surface area contributed by atoms with Crippen molar-refractivity contribution < 1.29 is 8.42 Å². The van der Waals surface area contributed by atoms with E-state index in [1.165, 1.54) is 11.3 Å². The van der Waals surface area contributed by atoms with E-state index in [4.69, 9.17) is 0 Å². The number of hydrogen-bond acceptors (Lipinski definition) is 4. The van der Waals surface area contributed by atoms with Crippen LogP contribution in [0.15, 0.2) is 33.6 Å². The molecule has 0 amide bonds. The van der Waals surface area contributed by atoms with Gasteiger partial charge in [0.05, 0.1) is 5.69 Å². The Morgan fingerprint density at radius 2 is 2.00 bits per heavy atom. The van der Waals surface area contributed by atoms with E-state index in [9.17, 15) is 8.42 Å². The van der Waals surface area contributed by atoms with Crippen LogP contribution in [0.5, 0.6) is 0 Å². The fourth-order valence-corrected chi connectivity index (χ4v) is 5.19. The predicted molar refractivity (Wildman–Crippen MR) is 91.5 cm³/mol. The van der Waals surface area contributed by atoms with Crippen molar-refractivity contribution in [2.45, 2.75) is 25.3 Å². The van der Waals surface area contributed by atoms with Crippen LogP contribution in [-0.4, -0.2) is 15.5 Å². The summed E-state index contributed by atoms with van der Waals surface area (Å²) in [7, 11) is -1.74. The number of aryl methyl sites for hydroxylation is 2. The molecule has 1 aromatic heterocycles. The summed E-state index contributed by atoms with van der Waals surface area (Å²) in [5.41, 5.74) is 1.53. The third kappa shape index (κ3) is 3.66. The highest BCUT2D eigenvalue weighted by atomic mass is 79.9. The van der Waals surface area contributed by atoms with E-state index in [1.807, 2.05) is 33.0 Å². The minimum Gasteiger partial charge on any atom is -0.315 e. The molecule has 1 heterocycles. The number of sulfonamides is 1. The number of thiophene rings is 1. The van der Waals surface area contributed by atoms with Gasteiger partial charge < -0.3 is 5.32 Å². The Morgan fingerprint density at radius 3 is 2.67 bits per heavy atom. The Bertz CT molecular complexity index is 754. The molecule has 2 N–H and O–H groups in total. The molecule has 0 aliphatic carbocycles. The molecule has 4 nitrogen and oxygen atoms in total. The van der Waals surface area contributed by atoms with Gasteiger partial charge in [-0.3, -0.25) is 4.72 Å². The Balaban J connectivity index is 2.36. The molecule has 0 bridgehead atoms. The molecule has 7 heteroatoms. The second-order valence-corrected chi connectivity index (χ2v) is 8.49. The van der Waals surface area contributed by atoms with Gasteiger partial charge in [-0.25, -0.2) is 8.42 Å². The van der Waals surface area contributed by atoms with Crippen LogP contribution in [0.25, 0.3) is 0 Å². The molecule has 1 aromatic carbocycles. The topological polar surface area (TPSA) is 58.2 Å². The summed E-state index contributed by atoms with van der Waals surface area (Å²) in [6.07, 6.45) is 0. The van der Waals surface area contributed by atoms with E-state index < -0.39 is 10.0 Å². The van der Waals surface area contributed by atoms with Crippen LogP contribution < -0.4 is 10.0 Å². The second-order valence-electron chi connectivity index (χ2n) is 4.71. The lowest BCUT2D eigenvalue weighted by molar-refractivity contribution is 0.601. The standard InChI is InChI=1S/C14H17BrN2O2S2/c1-9-5-4-6-12(14(9)15)17-21(18,19)13-7-11(8-16-3)20-10(13)2/h4-7,16-17H,8H2,1-3H3. The average Bonchev–Trinajstić information content (AvgIpc) is 2.77. The zero-order chi connectivity index (χ0) is 15.6. The summed E-state index contributed by atoms with van der Waals surface area (Å²) < 4.78 is 28.5. The first kappa shape index (κ1) is 16.5. The Labute approximate surface area is 137 Å². The lowest BCUT2D eigenvalue weighted by atomic mass is 10.2. The van der Waals surface area contributed by atoms with Gasteiger partial charge in [0.1, 0.15) is 4.90 Å². The molecule has 0 aliphatic rings. The van der Waals surface area contributed by atoms with Gasteiger partial charge in [0.25, 0.3) is 10.0 Å². The summed E-state index contributed by atoms with van der Waals surface area (Å²) in [5.74, 6) is 0. The minimum atomic E-state index is -3.58. The van der Waals surface area contributed by atoms with E-state index in [-0.39, 0.29) is 0 Å². The van der Waals surface area contributed by atoms with Crippen molar-refractivity contribution in [2.24, 2.45) is 0 Å². The van der Waals surface area contributed by atoms with Gasteiger partial charge in [-0.05, 0) is 54.5 Å². The maximum atomic E-state index is 12.6. The van der Waals surface area contributed by atoms with Gasteiger partial charge in [0.2, 0.25) is 0 Å². The van der Waals surface area contributed by atoms with Crippen LogP contribution in [0.4, 0.5) is 5.69 Å². The van der Waals surface area contributed by atoms with Gasteiger partial charge in [-0.2, -0.15) is 0 Å². The van der Waals surface area contributed by atoms with Crippen molar-refractivity contribution in [1.82, 2.24) is 5.32 Å². The molecule has 0 radical (unpaired) electrons. The van der Waals surface area contributed by atoms with Gasteiger partial charge in [0.15, 0.2) is 0 Å². The SMILES string of the molecule is CNCc1cc(S(=O)(=O)Nc2cccc(C)c2Br)c(C)s1. The summed E-state index contributed by atoms with van der Waals surface area (Å²) in [6.45, 7) is 4.40. The van der Waals surface area contributed by atoms with Crippen LogP contribution in [-0.2, 0) is 16.6 Å². The minimum absolute atomic E-state index is 0.339. The summed E-state index contributed by atoms with van der Waals surface area (Å²) in [5, 5.41) is 3.03. The normalized spacial score (nSPS) is 11.6. The molecule has 21 heavy (non-hydrogen) atoms. The Hall–Kier alpha value is -0.890. The zero-order valence-corrected chi connectivity index (χ0v) is 15.2. The van der Waals surface area contributed by atoms with Crippen molar-refractivity contribution in [3.05, 3.63) is 44.1 Å². The number of nitrogens with one attached hydrogen (secondary N) is 2. The smallest absolute Gasteiger partial charge is 0.263 e. The third-order valence-corrected chi connectivity index (χ3v) is 6.72. The van der Waals surface area contributed by atoms with E-state index in [0.717, 1.165) is 19.8 Å². The van der Waals surface area contributed by atoms with Crippen molar-refractivity contribution in [1.29, 1.82) is 0 Å². The summed E-state index contributed by atoms with van der Waals surface area (Å²) in [6, 6.07) is 7.21. The molecule has 0 saturated heterocycles. The van der Waals surface area contributed by atoms with E-state index in [0.29, 0.717) is 17.1 Å². The highest BCUT2D eigenvalue weighted by Crippen LogP contribution is 2.31. The highest BCUT2D eigenvalue weighted by molar-refractivity contribution is 9.10.